The minimum Gasteiger partial charge on any atom is -0.486 e. The van der Waals surface area contributed by atoms with Crippen molar-refractivity contribution in [2.45, 2.75) is 81.4 Å². The maximum absolute atomic E-state index is 14.9. The van der Waals surface area contributed by atoms with Gasteiger partial charge in [-0.25, -0.2) is 18.3 Å². The first kappa shape index (κ1) is 61.1. The Hall–Kier alpha value is -11.7. The van der Waals surface area contributed by atoms with Gasteiger partial charge in [0.1, 0.15) is 0 Å². The molecule has 0 N–H and O–H groups in total. The maximum Gasteiger partial charge on any atom is 0.268 e. The van der Waals surface area contributed by atoms with E-state index in [1.54, 1.807) is 24.3 Å². The van der Waals surface area contributed by atoms with Crippen LogP contribution in [-0.2, 0) is 0 Å². The Balaban J connectivity index is 0.917. The van der Waals surface area contributed by atoms with Gasteiger partial charge in [-0.2, -0.15) is 15.0 Å². The van der Waals surface area contributed by atoms with Gasteiger partial charge in [-0.1, -0.05) is 117 Å². The second-order valence-corrected chi connectivity index (χ2v) is 24.6. The summed E-state index contributed by atoms with van der Waals surface area (Å²) in [6, 6.07) is 46.8. The number of aryl methyl sites for hydroxylation is 4. The summed E-state index contributed by atoms with van der Waals surface area (Å²) in [5, 5.41) is -1.70. The highest BCUT2D eigenvalue weighted by atomic mass is 16.5. The second kappa shape index (κ2) is 23.5. The van der Waals surface area contributed by atoms with Crippen LogP contribution in [0.5, 0.6) is 11.5 Å². The number of fused-ring (bicyclic) bond motifs is 4. The summed E-state index contributed by atoms with van der Waals surface area (Å²) >= 11 is 0. The van der Waals surface area contributed by atoms with E-state index in [1.807, 2.05) is 188 Å². The normalized spacial score (nSPS) is 12.4. The molecule has 2 unspecified atom stereocenters. The molecule has 0 radical (unpaired) electrons. The van der Waals surface area contributed by atoms with Crippen LogP contribution in [0.3, 0.4) is 0 Å². The van der Waals surface area contributed by atoms with Gasteiger partial charge in [0, 0.05) is 22.7 Å². The van der Waals surface area contributed by atoms with Crippen LogP contribution in [0.1, 0.15) is 69.6 Å². The zero-order valence-corrected chi connectivity index (χ0v) is 53.2. The average molecular weight is 1250 g/mol. The molecule has 0 fully saturated rings. The Morgan fingerprint density at radius 3 is 0.862 bits per heavy atom. The molecule has 94 heavy (non-hydrogen) atoms. The topological polar surface area (TPSA) is 220 Å². The van der Waals surface area contributed by atoms with Crippen LogP contribution in [0, 0.1) is 39.5 Å². The van der Waals surface area contributed by atoms with Crippen molar-refractivity contribution in [3.05, 3.63) is 275 Å². The third kappa shape index (κ3) is 10.2. The summed E-state index contributed by atoms with van der Waals surface area (Å²) in [5.41, 5.74) is 1.50. The molecule has 468 valence electrons. The first-order valence-electron chi connectivity index (χ1n) is 30.8. The van der Waals surface area contributed by atoms with Gasteiger partial charge in [0.05, 0.1) is 78.0 Å². The number of aromatic nitrogens is 7. The first-order valence-corrected chi connectivity index (χ1v) is 30.8. The van der Waals surface area contributed by atoms with Crippen LogP contribution >= 0.6 is 0 Å². The van der Waals surface area contributed by atoms with E-state index in [2.05, 4.69) is 21.5 Å². The number of nitrogens with zero attached hydrogens (tertiary/aromatic N) is 9. The molecule has 5 aromatic heterocycles. The molecule has 0 saturated heterocycles. The van der Waals surface area contributed by atoms with E-state index in [4.69, 9.17) is 9.47 Å². The van der Waals surface area contributed by atoms with Gasteiger partial charge in [0.25, 0.3) is 44.5 Å². The fourth-order valence-electron chi connectivity index (χ4n) is 11.7. The van der Waals surface area contributed by atoms with E-state index in [0.29, 0.717) is 20.5 Å². The van der Waals surface area contributed by atoms with Gasteiger partial charge in [0.15, 0.2) is 17.3 Å². The van der Waals surface area contributed by atoms with Gasteiger partial charge >= 0.3 is 0 Å². The average Bonchev–Trinajstić information content (AvgIpc) is 1.56. The van der Waals surface area contributed by atoms with Gasteiger partial charge in [0.2, 0.25) is 11.9 Å². The molecular formula is C75H63N9O10. The smallest absolute Gasteiger partial charge is 0.268 e. The van der Waals surface area contributed by atoms with E-state index in [1.165, 1.54) is 24.3 Å². The fraction of sp³-hybridized carbons (Fsp3) is 0.187. The molecule has 8 aromatic carbocycles. The molecule has 0 spiro atoms. The van der Waals surface area contributed by atoms with Crippen LogP contribution < -0.4 is 63.7 Å². The van der Waals surface area contributed by atoms with Crippen molar-refractivity contribution in [3.63, 3.8) is 0 Å². The first-order chi connectivity index (χ1) is 45.0. The maximum atomic E-state index is 14.9. The summed E-state index contributed by atoms with van der Waals surface area (Å²) in [5.74, 6) is -1.03. The van der Waals surface area contributed by atoms with Crippen LogP contribution in [0.2, 0.25) is 0 Å². The number of ether oxygens (including phenoxy) is 2. The molecule has 19 heteroatoms. The Kier molecular flexibility index (Phi) is 15.3. The number of rotatable bonds is 17. The molecule has 0 bridgehead atoms. The van der Waals surface area contributed by atoms with Crippen molar-refractivity contribution < 1.29 is 9.47 Å². The number of hydrogen-bond acceptors (Lipinski definition) is 15. The van der Waals surface area contributed by atoms with Crippen molar-refractivity contribution in [2.24, 2.45) is 11.8 Å². The predicted octanol–water partition coefficient (Wildman–Crippen LogP) is 11.9. The van der Waals surface area contributed by atoms with Gasteiger partial charge in [-0.15, -0.1) is 0 Å². The highest BCUT2D eigenvalue weighted by molar-refractivity contribution is 6.00. The van der Waals surface area contributed by atoms with E-state index in [-0.39, 0.29) is 83.6 Å². The summed E-state index contributed by atoms with van der Waals surface area (Å²) in [4.78, 5) is 135. The molecule has 13 rings (SSSR count). The molecule has 0 aliphatic heterocycles. The minimum absolute atomic E-state index is 0.00102. The highest BCUT2D eigenvalue weighted by Gasteiger charge is 2.31. The second-order valence-electron chi connectivity index (χ2n) is 24.6. The quantitative estimate of drug-likeness (QED) is 0.0827. The molecule has 19 nitrogen and oxygen atoms in total. The molecule has 0 amide bonds. The predicted molar refractivity (Wildman–Crippen MR) is 370 cm³/mol. The van der Waals surface area contributed by atoms with Crippen molar-refractivity contribution in [1.82, 2.24) is 33.2 Å². The molecule has 2 atom stereocenters. The lowest BCUT2D eigenvalue weighted by Crippen LogP contribution is -2.30. The van der Waals surface area contributed by atoms with Crippen molar-refractivity contribution in [3.8, 4) is 34.8 Å². The zero-order valence-electron chi connectivity index (χ0n) is 53.2. The Bertz CT molecular complexity index is 5100. The minimum atomic E-state index is -0.992. The lowest BCUT2D eigenvalue weighted by atomic mass is 10.1. The van der Waals surface area contributed by atoms with E-state index in [0.717, 1.165) is 60.2 Å². The van der Waals surface area contributed by atoms with Crippen LogP contribution in [0.4, 0.5) is 34.1 Å². The summed E-state index contributed by atoms with van der Waals surface area (Å²) in [7, 11) is 0. The Labute approximate surface area is 536 Å². The molecule has 0 aliphatic rings. The molecule has 13 aromatic rings. The third-order valence-electron chi connectivity index (χ3n) is 17.6. The summed E-state index contributed by atoms with van der Waals surface area (Å²) in [6.45, 7) is 23.5. The largest absolute Gasteiger partial charge is 0.486 e. The van der Waals surface area contributed by atoms with Gasteiger partial charge in [-0.05, 0) is 157 Å². The molecular weight excluding hydrogens is 1190 g/mol. The molecule has 0 aliphatic carbocycles. The highest BCUT2D eigenvalue weighted by Crippen LogP contribution is 2.46. The lowest BCUT2D eigenvalue weighted by molar-refractivity contribution is 0.171. The third-order valence-corrected chi connectivity index (χ3v) is 17.6. The van der Waals surface area contributed by atoms with Gasteiger partial charge in [-0.3, -0.25) is 38.4 Å². The Morgan fingerprint density at radius 1 is 0.362 bits per heavy atom. The van der Waals surface area contributed by atoms with Crippen LogP contribution in [0.15, 0.2) is 203 Å². The van der Waals surface area contributed by atoms with E-state index < -0.39 is 68.6 Å². The van der Waals surface area contributed by atoms with Crippen LogP contribution in [0.25, 0.3) is 72.4 Å². The van der Waals surface area contributed by atoms with Gasteiger partial charge < -0.3 is 19.3 Å². The van der Waals surface area contributed by atoms with E-state index in [9.17, 15) is 38.4 Å². The standard InChI is InChI=1S/C75H63N9O10/c1-12-63-76-74(83-70(89)55-35-51-52(36-56(55)71(83)90)67(86)81(66(51)85)61-17-13-15-59(64(61)93-45(10)39(2)3)79(47-27-19-41(6)20-28-47)48-29-21-42(7)22-30-48)78-75(77-63)84-72(91)57-37-53-54(38-58(57)73(84)92)69(88)82(68(53)87)62-18-14-16-60(65(62)94-46(11)40(4)5)80(49-31-23-43(8)24-32-49)50-33-25-44(9)26-34-50/h12-40,45-46H,1H2,2-11H3. The SMILES string of the molecule is C=Cc1nc(-n2c(=O)c3cc4c(=O)n(-c5cccc(N(c6ccc(C)cc6)c6ccc(C)cc6)c5OC(C)C(C)C)c(=O)c4cc3c2=O)nc(-n2c(=O)c3cc4c(=O)n(-c5cccc(N(c6ccc(C)cc6)c6ccc(C)cc6)c5OC(C)C(C)C)c(=O)c4cc3c2=O)n1. The number of hydrogen-bond donors (Lipinski definition) is 0. The lowest BCUT2D eigenvalue weighted by Gasteiger charge is -2.30. The van der Waals surface area contributed by atoms with Crippen LogP contribution in [-0.4, -0.2) is 45.4 Å². The Morgan fingerprint density at radius 2 is 0.617 bits per heavy atom. The summed E-state index contributed by atoms with van der Waals surface area (Å²) in [6.07, 6.45) is 0.332. The number of anilines is 6. The van der Waals surface area contributed by atoms with Crippen molar-refractivity contribution in [2.75, 3.05) is 9.80 Å². The molecule has 0 saturated carbocycles. The van der Waals surface area contributed by atoms with Crippen molar-refractivity contribution in [1.29, 1.82) is 0 Å². The summed E-state index contributed by atoms with van der Waals surface area (Å²) < 4.78 is 16.7. The van der Waals surface area contributed by atoms with Crippen molar-refractivity contribution >= 4 is 83.3 Å². The molecule has 5 heterocycles. The fourth-order valence-corrected chi connectivity index (χ4v) is 11.7. The van der Waals surface area contributed by atoms with E-state index >= 15 is 0 Å². The zero-order chi connectivity index (χ0) is 66.5. The number of benzene rings is 8. The monoisotopic (exact) mass is 1250 g/mol. The number of para-hydroxylation sites is 2.